The fourth-order valence-corrected chi connectivity index (χ4v) is 3.92. The van der Waals surface area contributed by atoms with Gasteiger partial charge >= 0.3 is 0 Å². The van der Waals surface area contributed by atoms with Crippen LogP contribution in [0.2, 0.25) is 5.02 Å². The Labute approximate surface area is 173 Å². The minimum absolute atomic E-state index is 0.00662. The lowest BCUT2D eigenvalue weighted by Gasteiger charge is -2.33. The molecule has 1 aromatic rings. The summed E-state index contributed by atoms with van der Waals surface area (Å²) in [7, 11) is 0. The highest BCUT2D eigenvalue weighted by Crippen LogP contribution is 2.26. The van der Waals surface area contributed by atoms with Gasteiger partial charge in [-0.15, -0.1) is 0 Å². The third kappa shape index (κ3) is 6.23. The lowest BCUT2D eigenvalue weighted by molar-refractivity contribution is -0.129. The third-order valence-corrected chi connectivity index (χ3v) is 5.49. The Kier molecular flexibility index (Phi) is 7.77. The molecule has 0 aliphatic carbocycles. The molecule has 0 N–H and O–H groups in total. The van der Waals surface area contributed by atoms with E-state index in [1.54, 1.807) is 17.1 Å². The van der Waals surface area contributed by atoms with E-state index < -0.39 is 0 Å². The highest BCUT2D eigenvalue weighted by atomic mass is 35.5. The number of morpholine rings is 1. The van der Waals surface area contributed by atoms with Gasteiger partial charge in [0.1, 0.15) is 11.9 Å². The Morgan fingerprint density at radius 3 is 2.61 bits per heavy atom. The SMILES string of the molecule is CC(C)CN1CCC(Oc2ccc(/C=C/C(=O)N3CCOCC3)c(Cl)c2)CC1. The van der Waals surface area contributed by atoms with E-state index in [2.05, 4.69) is 18.7 Å². The van der Waals surface area contributed by atoms with Gasteiger partial charge in [0.25, 0.3) is 0 Å². The number of carbonyl (C=O) groups is 1. The molecule has 0 bridgehead atoms. The number of carbonyl (C=O) groups excluding carboxylic acids is 1. The molecule has 0 saturated carbocycles. The Balaban J connectivity index is 1.51. The predicted octanol–water partition coefficient (Wildman–Crippen LogP) is 3.71. The lowest BCUT2D eigenvalue weighted by Crippen LogP contribution is -2.39. The van der Waals surface area contributed by atoms with Crippen molar-refractivity contribution in [1.29, 1.82) is 0 Å². The van der Waals surface area contributed by atoms with Gasteiger partial charge in [-0.1, -0.05) is 25.4 Å². The second-order valence-corrected chi connectivity index (χ2v) is 8.37. The molecule has 2 saturated heterocycles. The maximum atomic E-state index is 12.2. The van der Waals surface area contributed by atoms with Crippen molar-refractivity contribution >= 4 is 23.6 Å². The molecule has 5 nitrogen and oxygen atoms in total. The Morgan fingerprint density at radius 1 is 1.25 bits per heavy atom. The number of hydrogen-bond donors (Lipinski definition) is 0. The van der Waals surface area contributed by atoms with Gasteiger partial charge in [-0.05, 0) is 48.6 Å². The molecule has 28 heavy (non-hydrogen) atoms. The molecular weight excluding hydrogens is 376 g/mol. The van der Waals surface area contributed by atoms with Crippen LogP contribution in [0.3, 0.4) is 0 Å². The number of amides is 1. The molecule has 1 amide bonds. The maximum Gasteiger partial charge on any atom is 0.246 e. The van der Waals surface area contributed by atoms with Crippen LogP contribution >= 0.6 is 11.6 Å². The van der Waals surface area contributed by atoms with E-state index >= 15 is 0 Å². The van der Waals surface area contributed by atoms with Crippen molar-refractivity contribution in [2.45, 2.75) is 32.8 Å². The van der Waals surface area contributed by atoms with Crippen molar-refractivity contribution in [1.82, 2.24) is 9.80 Å². The van der Waals surface area contributed by atoms with Crippen molar-refractivity contribution in [3.63, 3.8) is 0 Å². The summed E-state index contributed by atoms with van der Waals surface area (Å²) in [5.74, 6) is 1.49. The third-order valence-electron chi connectivity index (χ3n) is 5.16. The summed E-state index contributed by atoms with van der Waals surface area (Å²) in [4.78, 5) is 16.5. The van der Waals surface area contributed by atoms with Crippen molar-refractivity contribution in [2.75, 3.05) is 45.9 Å². The number of benzene rings is 1. The largest absolute Gasteiger partial charge is 0.490 e. The molecule has 3 rings (SSSR count). The smallest absolute Gasteiger partial charge is 0.246 e. The summed E-state index contributed by atoms with van der Waals surface area (Å²) >= 11 is 6.41. The molecule has 2 heterocycles. The Bertz CT molecular complexity index is 678. The van der Waals surface area contributed by atoms with Gasteiger partial charge in [0.2, 0.25) is 5.91 Å². The fourth-order valence-electron chi connectivity index (χ4n) is 3.69. The zero-order valence-electron chi connectivity index (χ0n) is 16.9. The second-order valence-electron chi connectivity index (χ2n) is 7.97. The number of likely N-dealkylation sites (tertiary alicyclic amines) is 1. The first-order valence-corrected chi connectivity index (χ1v) is 10.6. The van der Waals surface area contributed by atoms with Crippen LogP contribution in [0.15, 0.2) is 24.3 Å². The average Bonchev–Trinajstić information content (AvgIpc) is 2.69. The Hall–Kier alpha value is -1.56. The molecule has 1 aromatic carbocycles. The fraction of sp³-hybridized carbons (Fsp3) is 0.591. The van der Waals surface area contributed by atoms with Gasteiger partial charge in [-0.3, -0.25) is 4.79 Å². The monoisotopic (exact) mass is 406 g/mol. The van der Waals surface area contributed by atoms with E-state index in [0.717, 1.165) is 43.8 Å². The average molecular weight is 407 g/mol. The van der Waals surface area contributed by atoms with E-state index in [1.807, 2.05) is 18.2 Å². The molecule has 6 heteroatoms. The summed E-state index contributed by atoms with van der Waals surface area (Å²) in [6.07, 6.45) is 5.68. The number of ether oxygens (including phenoxy) is 2. The van der Waals surface area contributed by atoms with Crippen LogP contribution < -0.4 is 4.74 Å². The summed E-state index contributed by atoms with van der Waals surface area (Å²) in [6.45, 7) is 10.3. The summed E-state index contributed by atoms with van der Waals surface area (Å²) < 4.78 is 11.4. The molecule has 0 radical (unpaired) electrons. The summed E-state index contributed by atoms with van der Waals surface area (Å²) in [5.41, 5.74) is 0.822. The van der Waals surface area contributed by atoms with E-state index in [9.17, 15) is 4.79 Å². The van der Waals surface area contributed by atoms with Crippen molar-refractivity contribution in [2.24, 2.45) is 5.92 Å². The zero-order chi connectivity index (χ0) is 19.9. The molecule has 0 atom stereocenters. The molecular formula is C22H31ClN2O3. The van der Waals surface area contributed by atoms with Crippen LogP contribution in [0.1, 0.15) is 32.3 Å². The molecule has 154 valence electrons. The molecule has 0 unspecified atom stereocenters. The van der Waals surface area contributed by atoms with Gasteiger partial charge in [0.15, 0.2) is 0 Å². The van der Waals surface area contributed by atoms with Crippen LogP contribution in [-0.4, -0.2) is 67.7 Å². The van der Waals surface area contributed by atoms with Crippen molar-refractivity contribution < 1.29 is 14.3 Å². The van der Waals surface area contributed by atoms with Crippen LogP contribution in [-0.2, 0) is 9.53 Å². The molecule has 0 aromatic heterocycles. The number of rotatable bonds is 6. The zero-order valence-corrected chi connectivity index (χ0v) is 17.7. The molecule has 0 spiro atoms. The van der Waals surface area contributed by atoms with Crippen LogP contribution in [0, 0.1) is 5.92 Å². The van der Waals surface area contributed by atoms with Crippen LogP contribution in [0.5, 0.6) is 5.75 Å². The first-order valence-electron chi connectivity index (χ1n) is 10.2. The van der Waals surface area contributed by atoms with Gasteiger partial charge in [-0.25, -0.2) is 0 Å². The van der Waals surface area contributed by atoms with E-state index in [1.165, 1.54) is 0 Å². The molecule has 2 fully saturated rings. The molecule has 2 aliphatic rings. The normalized spacial score (nSPS) is 19.5. The topological polar surface area (TPSA) is 42.0 Å². The van der Waals surface area contributed by atoms with E-state index in [4.69, 9.17) is 21.1 Å². The van der Waals surface area contributed by atoms with E-state index in [-0.39, 0.29) is 12.0 Å². The second kappa shape index (κ2) is 10.3. The summed E-state index contributed by atoms with van der Waals surface area (Å²) in [6, 6.07) is 5.70. The highest BCUT2D eigenvalue weighted by molar-refractivity contribution is 6.32. The first kappa shape index (κ1) is 21.2. The van der Waals surface area contributed by atoms with Gasteiger partial charge in [0, 0.05) is 38.8 Å². The maximum absolute atomic E-state index is 12.2. The lowest BCUT2D eigenvalue weighted by atomic mass is 10.1. The van der Waals surface area contributed by atoms with Crippen molar-refractivity contribution in [3.8, 4) is 5.75 Å². The predicted molar refractivity (Wildman–Crippen MR) is 113 cm³/mol. The van der Waals surface area contributed by atoms with Crippen LogP contribution in [0.25, 0.3) is 6.08 Å². The van der Waals surface area contributed by atoms with Gasteiger partial charge < -0.3 is 19.3 Å². The molecule has 2 aliphatic heterocycles. The van der Waals surface area contributed by atoms with Crippen molar-refractivity contribution in [3.05, 3.63) is 34.9 Å². The number of hydrogen-bond acceptors (Lipinski definition) is 4. The van der Waals surface area contributed by atoms with Crippen LogP contribution in [0.4, 0.5) is 0 Å². The number of piperidine rings is 1. The summed E-state index contributed by atoms with van der Waals surface area (Å²) in [5, 5.41) is 0.598. The Morgan fingerprint density at radius 2 is 1.96 bits per heavy atom. The first-order chi connectivity index (χ1) is 13.5. The number of halogens is 1. The van der Waals surface area contributed by atoms with Gasteiger partial charge in [0.05, 0.1) is 18.2 Å². The highest BCUT2D eigenvalue weighted by Gasteiger charge is 2.21. The van der Waals surface area contributed by atoms with Gasteiger partial charge in [-0.2, -0.15) is 0 Å². The minimum atomic E-state index is -0.00662. The minimum Gasteiger partial charge on any atom is -0.490 e. The number of nitrogens with zero attached hydrogens (tertiary/aromatic N) is 2. The van der Waals surface area contributed by atoms with E-state index in [0.29, 0.717) is 37.2 Å². The standard InChI is InChI=1S/C22H31ClN2O3/c1-17(2)16-24-9-7-19(8-10-24)28-20-5-3-18(21(23)15-20)4-6-22(26)25-11-13-27-14-12-25/h3-6,15,17,19H,7-14,16H2,1-2H3/b6-4+. The quantitative estimate of drug-likeness (QED) is 0.675.